The van der Waals surface area contributed by atoms with E-state index in [1.807, 2.05) is 13.8 Å². The standard InChI is InChI=1S/C5H7I2N2O/c1-3(2)4-8-9-5(7-6)10-4/h3H,1-2H3/q-1. The summed E-state index contributed by atoms with van der Waals surface area (Å²) in [5.74, 6) is 1.11. The molecule has 0 spiro atoms. The third-order valence-corrected chi connectivity index (χ3v) is 4.10. The molecule has 0 unspecified atom stereocenters. The second-order valence-electron chi connectivity index (χ2n) is 2.12. The molecule has 0 aromatic carbocycles. The van der Waals surface area contributed by atoms with E-state index < -0.39 is 0 Å². The zero-order chi connectivity index (χ0) is 7.56. The van der Waals surface area contributed by atoms with Crippen LogP contribution in [0.25, 0.3) is 0 Å². The van der Waals surface area contributed by atoms with Gasteiger partial charge in [-0.3, -0.25) is 0 Å². The van der Waals surface area contributed by atoms with Crippen molar-refractivity contribution in [2.24, 2.45) is 0 Å². The van der Waals surface area contributed by atoms with Gasteiger partial charge in [-0.15, -0.1) is 0 Å². The third kappa shape index (κ3) is 2.04. The topological polar surface area (TPSA) is 38.9 Å². The van der Waals surface area contributed by atoms with Crippen LogP contribution < -0.4 is 17.2 Å². The van der Waals surface area contributed by atoms with Crippen LogP contribution in [0.5, 0.6) is 0 Å². The summed E-state index contributed by atoms with van der Waals surface area (Å²) in [4.78, 5) is 0. The summed E-state index contributed by atoms with van der Waals surface area (Å²) in [6, 6.07) is 0. The number of rotatable bonds is 2. The van der Waals surface area contributed by atoms with Gasteiger partial charge in [0.25, 0.3) is 0 Å². The van der Waals surface area contributed by atoms with E-state index in [1.54, 1.807) is 0 Å². The average Bonchev–Trinajstić information content (AvgIpc) is 2.34. The van der Waals surface area contributed by atoms with Crippen molar-refractivity contribution in [1.29, 1.82) is 0 Å². The van der Waals surface area contributed by atoms with Crippen LogP contribution in [-0.2, 0) is 0 Å². The first-order valence-electron chi connectivity index (χ1n) is 2.83. The Kier molecular flexibility index (Phi) is 3.34. The fraction of sp³-hybridized carbons (Fsp3) is 0.600. The predicted octanol–water partition coefficient (Wildman–Crippen LogP) is -1.20. The summed E-state index contributed by atoms with van der Waals surface area (Å²) in [5.41, 5.74) is 0. The molecular weight excluding hydrogens is 358 g/mol. The van der Waals surface area contributed by atoms with Gasteiger partial charge in [-0.25, -0.2) is 0 Å². The molecule has 3 nitrogen and oxygen atoms in total. The molecule has 0 fully saturated rings. The van der Waals surface area contributed by atoms with E-state index in [0.717, 1.165) is 9.79 Å². The Bertz CT molecular complexity index is 211. The van der Waals surface area contributed by atoms with Crippen molar-refractivity contribution in [1.82, 2.24) is 10.2 Å². The molecule has 0 N–H and O–H groups in total. The van der Waals surface area contributed by atoms with Gasteiger partial charge >= 0.3 is 80.0 Å². The number of nitrogens with zero attached hydrogens (tertiary/aromatic N) is 2. The van der Waals surface area contributed by atoms with Crippen LogP contribution in [0.15, 0.2) is 4.42 Å². The molecule has 0 aliphatic rings. The summed E-state index contributed by atoms with van der Waals surface area (Å²) in [7, 11) is 0. The maximum atomic E-state index is 5.31. The molecule has 0 atom stereocenters. The molecule has 5 heteroatoms. The summed E-state index contributed by atoms with van der Waals surface area (Å²) < 4.78 is 6.14. The monoisotopic (exact) mass is 365 g/mol. The van der Waals surface area contributed by atoms with Crippen LogP contribution in [-0.4, -0.2) is 10.2 Å². The first kappa shape index (κ1) is 8.69. The van der Waals surface area contributed by atoms with Crippen molar-refractivity contribution < 1.29 is 21.6 Å². The van der Waals surface area contributed by atoms with Gasteiger partial charge in [0.2, 0.25) is 0 Å². The van der Waals surface area contributed by atoms with Gasteiger partial charge in [0.15, 0.2) is 0 Å². The SMILES string of the molecule is CC(C)c1nnc([I-]I)o1. The van der Waals surface area contributed by atoms with E-state index >= 15 is 0 Å². The normalized spacial score (nSPS) is 11.2. The number of halogens is 2. The molecule has 0 saturated heterocycles. The van der Waals surface area contributed by atoms with Gasteiger partial charge in [0.05, 0.1) is 0 Å². The first-order valence-corrected chi connectivity index (χ1v) is 10.2. The number of hydrogen-bond donors (Lipinski definition) is 0. The minimum atomic E-state index is -0.0657. The molecule has 58 valence electrons. The van der Waals surface area contributed by atoms with Crippen LogP contribution in [0.1, 0.15) is 25.7 Å². The molecule has 1 heterocycles. The van der Waals surface area contributed by atoms with Gasteiger partial charge in [-0.2, -0.15) is 0 Å². The molecular formula is C5H7I2N2O-. The Hall–Kier alpha value is 0.600. The Morgan fingerprint density at radius 1 is 1.50 bits per heavy atom. The van der Waals surface area contributed by atoms with Crippen molar-refractivity contribution in [3.63, 3.8) is 0 Å². The van der Waals surface area contributed by atoms with Crippen molar-refractivity contribution in [3.05, 3.63) is 9.79 Å². The van der Waals surface area contributed by atoms with Crippen molar-refractivity contribution in [3.8, 4) is 0 Å². The van der Waals surface area contributed by atoms with E-state index in [-0.39, 0.29) is 17.2 Å². The molecule has 1 rings (SSSR count). The van der Waals surface area contributed by atoms with E-state index in [1.165, 1.54) is 0 Å². The van der Waals surface area contributed by atoms with Crippen molar-refractivity contribution >= 4 is 18.6 Å². The molecule has 0 bridgehead atoms. The second-order valence-corrected chi connectivity index (χ2v) is 6.19. The molecule has 0 aliphatic heterocycles. The van der Waals surface area contributed by atoms with Gasteiger partial charge < -0.3 is 0 Å². The van der Waals surface area contributed by atoms with Crippen LogP contribution in [0.3, 0.4) is 0 Å². The Labute approximate surface area is 79.4 Å². The zero-order valence-corrected chi connectivity index (χ0v) is 9.95. The summed E-state index contributed by atoms with van der Waals surface area (Å²) in [6.45, 7) is 4.09. The van der Waals surface area contributed by atoms with Gasteiger partial charge in [0.1, 0.15) is 0 Å². The van der Waals surface area contributed by atoms with E-state index in [9.17, 15) is 0 Å². The summed E-state index contributed by atoms with van der Waals surface area (Å²) in [6.07, 6.45) is 0. The molecule has 1 aromatic rings. The molecule has 0 amide bonds. The van der Waals surface area contributed by atoms with Gasteiger partial charge in [-0.05, 0) is 0 Å². The fourth-order valence-corrected chi connectivity index (χ4v) is 2.08. The second kappa shape index (κ2) is 3.84. The number of aromatic nitrogens is 2. The molecule has 0 saturated carbocycles. The van der Waals surface area contributed by atoms with E-state index in [2.05, 4.69) is 28.8 Å². The Morgan fingerprint density at radius 3 is 2.50 bits per heavy atom. The van der Waals surface area contributed by atoms with E-state index in [4.69, 9.17) is 4.42 Å². The first-order chi connectivity index (χ1) is 4.74. The fourth-order valence-electron chi connectivity index (χ4n) is 0.478. The van der Waals surface area contributed by atoms with Crippen LogP contribution in [0.4, 0.5) is 0 Å². The maximum absolute atomic E-state index is 5.31. The van der Waals surface area contributed by atoms with Crippen LogP contribution in [0.2, 0.25) is 0 Å². The third-order valence-electron chi connectivity index (χ3n) is 0.971. The van der Waals surface area contributed by atoms with Crippen LogP contribution in [0, 0.1) is 3.90 Å². The van der Waals surface area contributed by atoms with Crippen molar-refractivity contribution in [2.45, 2.75) is 19.8 Å². The van der Waals surface area contributed by atoms with E-state index in [0.29, 0.717) is 5.92 Å². The minimum absolute atomic E-state index is 0.0657. The van der Waals surface area contributed by atoms with Crippen LogP contribution >= 0.6 is 18.6 Å². The average molecular weight is 365 g/mol. The molecule has 0 radical (unpaired) electrons. The summed E-state index contributed by atoms with van der Waals surface area (Å²) in [5, 5.41) is 7.77. The zero-order valence-electron chi connectivity index (χ0n) is 5.64. The Balaban J connectivity index is 2.78. The molecule has 10 heavy (non-hydrogen) atoms. The van der Waals surface area contributed by atoms with Gasteiger partial charge in [0, 0.05) is 0 Å². The van der Waals surface area contributed by atoms with Crippen molar-refractivity contribution in [2.75, 3.05) is 0 Å². The molecule has 1 aromatic heterocycles. The Morgan fingerprint density at radius 2 is 2.20 bits per heavy atom. The quantitative estimate of drug-likeness (QED) is 0.619. The van der Waals surface area contributed by atoms with Gasteiger partial charge in [-0.1, -0.05) is 0 Å². The predicted molar refractivity (Wildman–Crippen MR) is 41.1 cm³/mol. The summed E-state index contributed by atoms with van der Waals surface area (Å²) >= 11 is 2.24. The molecule has 0 aliphatic carbocycles. The number of hydrogen-bond acceptors (Lipinski definition) is 3.